The quantitative estimate of drug-likeness (QED) is 0.531. The van der Waals surface area contributed by atoms with Crippen molar-refractivity contribution in [2.24, 2.45) is 0 Å². The number of benzene rings is 2. The van der Waals surface area contributed by atoms with E-state index in [1.54, 1.807) is 11.6 Å². The molecular weight excluding hydrogens is 358 g/mol. The molecule has 0 saturated carbocycles. The van der Waals surface area contributed by atoms with Gasteiger partial charge >= 0.3 is 0 Å². The molecule has 1 atom stereocenters. The number of hydrogen-bond donors (Lipinski definition) is 1. The minimum Gasteiger partial charge on any atom is -0.347 e. The van der Waals surface area contributed by atoms with E-state index in [1.807, 2.05) is 60.7 Å². The third kappa shape index (κ3) is 3.47. The maximum Gasteiger partial charge on any atom is 0.249 e. The summed E-state index contributed by atoms with van der Waals surface area (Å²) in [5.74, 6) is 0.794. The normalized spacial score (nSPS) is 11.9. The second-order valence-corrected chi connectivity index (χ2v) is 6.04. The lowest BCUT2D eigenvalue weighted by Gasteiger charge is -2.17. The van der Waals surface area contributed by atoms with Crippen molar-refractivity contribution in [1.82, 2.24) is 45.7 Å². The van der Waals surface area contributed by atoms with Gasteiger partial charge in [-0.2, -0.15) is 4.68 Å². The highest BCUT2D eigenvalue weighted by molar-refractivity contribution is 5.83. The Labute approximate surface area is 160 Å². The molecule has 0 spiro atoms. The Bertz CT molecular complexity index is 1060. The van der Waals surface area contributed by atoms with Crippen LogP contribution in [0.25, 0.3) is 5.69 Å². The van der Waals surface area contributed by atoms with Gasteiger partial charge in [0.05, 0.1) is 12.2 Å². The zero-order valence-corrected chi connectivity index (χ0v) is 15.0. The van der Waals surface area contributed by atoms with Crippen LogP contribution in [0.2, 0.25) is 0 Å². The summed E-state index contributed by atoms with van der Waals surface area (Å²) in [6.45, 7) is 1.91. The van der Waals surface area contributed by atoms with E-state index in [4.69, 9.17) is 0 Å². The summed E-state index contributed by atoms with van der Waals surface area (Å²) in [6, 6.07) is 18.1. The first-order valence-corrected chi connectivity index (χ1v) is 8.64. The lowest BCUT2D eigenvalue weighted by atomic mass is 10.1. The zero-order valence-electron chi connectivity index (χ0n) is 15.0. The fourth-order valence-corrected chi connectivity index (χ4v) is 2.86. The minimum atomic E-state index is -0.697. The van der Waals surface area contributed by atoms with Crippen molar-refractivity contribution >= 4 is 5.91 Å². The van der Waals surface area contributed by atoms with Crippen LogP contribution in [0.1, 0.15) is 23.3 Å². The Balaban J connectivity index is 1.57. The predicted octanol–water partition coefficient (Wildman–Crippen LogP) is 0.863. The summed E-state index contributed by atoms with van der Waals surface area (Å²) < 4.78 is 3.07. The molecule has 4 aromatic rings. The van der Waals surface area contributed by atoms with Crippen LogP contribution in [0, 0.1) is 6.92 Å². The molecule has 140 valence electrons. The molecular formula is C18H17N9O. The van der Waals surface area contributed by atoms with E-state index in [2.05, 4.69) is 36.4 Å². The zero-order chi connectivity index (χ0) is 19.3. The molecule has 0 aliphatic carbocycles. The predicted molar refractivity (Wildman–Crippen MR) is 98.1 cm³/mol. The van der Waals surface area contributed by atoms with Crippen molar-refractivity contribution in [2.75, 3.05) is 0 Å². The molecule has 10 heteroatoms. The fraction of sp³-hybridized carbons (Fsp3) is 0.167. The number of hydrogen-bond acceptors (Lipinski definition) is 7. The molecule has 0 aliphatic rings. The van der Waals surface area contributed by atoms with Crippen LogP contribution in [0.15, 0.2) is 60.7 Å². The van der Waals surface area contributed by atoms with Crippen molar-refractivity contribution in [3.63, 3.8) is 0 Å². The smallest absolute Gasteiger partial charge is 0.249 e. The average molecular weight is 375 g/mol. The molecule has 2 heterocycles. The van der Waals surface area contributed by atoms with E-state index in [0.29, 0.717) is 11.6 Å². The van der Waals surface area contributed by atoms with Crippen molar-refractivity contribution in [1.29, 1.82) is 0 Å². The molecule has 0 radical (unpaired) electrons. The maximum absolute atomic E-state index is 13.0. The topological polar surface area (TPSA) is 116 Å². The molecule has 0 bridgehead atoms. The van der Waals surface area contributed by atoms with E-state index in [-0.39, 0.29) is 12.5 Å². The number of rotatable bonds is 6. The van der Waals surface area contributed by atoms with Gasteiger partial charge in [-0.1, -0.05) is 48.5 Å². The number of para-hydroxylation sites is 1. The Hall–Kier alpha value is -3.95. The van der Waals surface area contributed by atoms with Crippen LogP contribution in [0.5, 0.6) is 0 Å². The van der Waals surface area contributed by atoms with Gasteiger partial charge in [0.2, 0.25) is 5.91 Å². The molecule has 1 N–H and O–H groups in total. The third-order valence-electron chi connectivity index (χ3n) is 4.22. The molecule has 1 amide bonds. The summed E-state index contributed by atoms with van der Waals surface area (Å²) in [4.78, 5) is 13.0. The van der Waals surface area contributed by atoms with Crippen molar-refractivity contribution in [3.8, 4) is 5.69 Å². The van der Waals surface area contributed by atoms with Gasteiger partial charge in [-0.05, 0) is 45.5 Å². The van der Waals surface area contributed by atoms with Gasteiger partial charge in [-0.15, -0.1) is 10.2 Å². The first-order valence-electron chi connectivity index (χ1n) is 8.64. The molecule has 0 aliphatic heterocycles. The summed E-state index contributed by atoms with van der Waals surface area (Å²) in [7, 11) is 0. The first-order chi connectivity index (χ1) is 13.7. The number of nitrogens with one attached hydrogen (secondary N) is 1. The number of tetrazole rings is 2. The number of amides is 1. The van der Waals surface area contributed by atoms with Crippen LogP contribution in [0.4, 0.5) is 0 Å². The maximum atomic E-state index is 13.0. The van der Waals surface area contributed by atoms with Gasteiger partial charge < -0.3 is 5.32 Å². The Morgan fingerprint density at radius 2 is 1.64 bits per heavy atom. The molecule has 0 saturated heterocycles. The lowest BCUT2D eigenvalue weighted by molar-refractivity contribution is -0.123. The summed E-state index contributed by atoms with van der Waals surface area (Å²) in [6.07, 6.45) is 0. The summed E-state index contributed by atoms with van der Waals surface area (Å²) in [5, 5.41) is 26.2. The van der Waals surface area contributed by atoms with Crippen molar-refractivity contribution in [2.45, 2.75) is 19.5 Å². The highest BCUT2D eigenvalue weighted by atomic mass is 16.2. The second kappa shape index (κ2) is 7.74. The van der Waals surface area contributed by atoms with Crippen molar-refractivity contribution < 1.29 is 4.79 Å². The molecule has 28 heavy (non-hydrogen) atoms. The summed E-state index contributed by atoms with van der Waals surface area (Å²) >= 11 is 0. The Morgan fingerprint density at radius 3 is 2.32 bits per heavy atom. The monoisotopic (exact) mass is 375 g/mol. The number of carbonyl (C=O) groups excluding carboxylic acids is 1. The molecule has 4 rings (SSSR count). The standard InChI is InChI=1S/C18H17N9O/c1-13-20-22-24-26(13)17(14-8-4-2-5-9-14)18(28)19-12-16-21-23-25-27(16)15-10-6-3-7-11-15/h2-11,17H,12H2,1H3,(H,19,28)/t17-/m0/s1. The molecule has 2 aromatic heterocycles. The van der Waals surface area contributed by atoms with E-state index >= 15 is 0 Å². The van der Waals surface area contributed by atoms with Crippen molar-refractivity contribution in [3.05, 3.63) is 77.9 Å². The molecule has 0 fully saturated rings. The number of aromatic nitrogens is 8. The van der Waals surface area contributed by atoms with Gasteiger partial charge in [0.15, 0.2) is 11.9 Å². The van der Waals surface area contributed by atoms with E-state index in [9.17, 15) is 4.79 Å². The fourth-order valence-electron chi connectivity index (χ4n) is 2.86. The lowest BCUT2D eigenvalue weighted by Crippen LogP contribution is -2.34. The SMILES string of the molecule is Cc1nnnn1[C@H](C(=O)NCc1nnnn1-c1ccccc1)c1ccccc1. The number of carbonyl (C=O) groups is 1. The highest BCUT2D eigenvalue weighted by Crippen LogP contribution is 2.18. The Kier molecular flexibility index (Phi) is 4.83. The van der Waals surface area contributed by atoms with Gasteiger partial charge in [0, 0.05) is 0 Å². The van der Waals surface area contributed by atoms with Gasteiger partial charge in [0.25, 0.3) is 0 Å². The third-order valence-corrected chi connectivity index (χ3v) is 4.22. The largest absolute Gasteiger partial charge is 0.347 e. The van der Waals surface area contributed by atoms with E-state index < -0.39 is 6.04 Å². The van der Waals surface area contributed by atoms with Crippen LogP contribution in [-0.4, -0.2) is 46.3 Å². The highest BCUT2D eigenvalue weighted by Gasteiger charge is 2.26. The molecule has 0 unspecified atom stereocenters. The van der Waals surface area contributed by atoms with Crippen LogP contribution >= 0.6 is 0 Å². The number of aryl methyl sites for hydroxylation is 1. The van der Waals surface area contributed by atoms with Crippen LogP contribution in [0.3, 0.4) is 0 Å². The molecule has 2 aromatic carbocycles. The van der Waals surface area contributed by atoms with E-state index in [0.717, 1.165) is 11.3 Å². The average Bonchev–Trinajstić information content (AvgIpc) is 3.37. The van der Waals surface area contributed by atoms with Gasteiger partial charge in [-0.25, -0.2) is 4.68 Å². The molecule has 10 nitrogen and oxygen atoms in total. The van der Waals surface area contributed by atoms with Crippen LogP contribution < -0.4 is 5.32 Å². The Morgan fingerprint density at radius 1 is 0.964 bits per heavy atom. The number of nitrogens with zero attached hydrogens (tertiary/aromatic N) is 8. The summed E-state index contributed by atoms with van der Waals surface area (Å²) in [5.41, 5.74) is 1.59. The van der Waals surface area contributed by atoms with Gasteiger partial charge in [-0.3, -0.25) is 4.79 Å². The van der Waals surface area contributed by atoms with Gasteiger partial charge in [0.1, 0.15) is 5.82 Å². The first kappa shape index (κ1) is 17.5. The van der Waals surface area contributed by atoms with Crippen LogP contribution in [-0.2, 0) is 11.3 Å². The second-order valence-electron chi connectivity index (χ2n) is 6.04. The minimum absolute atomic E-state index is 0.158. The van der Waals surface area contributed by atoms with E-state index in [1.165, 1.54) is 4.68 Å².